The maximum atomic E-state index is 12.8. The van der Waals surface area contributed by atoms with Gasteiger partial charge in [0.15, 0.2) is 0 Å². The Labute approximate surface area is 165 Å². The van der Waals surface area contributed by atoms with Crippen molar-refractivity contribution in [3.05, 3.63) is 61.3 Å². The third kappa shape index (κ3) is 3.12. The van der Waals surface area contributed by atoms with Gasteiger partial charge in [-0.1, -0.05) is 28.9 Å². The van der Waals surface area contributed by atoms with Crippen LogP contribution in [0.2, 0.25) is 0 Å². The van der Waals surface area contributed by atoms with E-state index in [-0.39, 0.29) is 11.3 Å². The van der Waals surface area contributed by atoms with Gasteiger partial charge < -0.3 is 10.0 Å². The molecule has 1 aromatic heterocycles. The molecule has 2 heterocycles. The van der Waals surface area contributed by atoms with Crippen LogP contribution in [0.15, 0.2) is 39.7 Å². The number of ketones is 1. The zero-order valence-electron chi connectivity index (χ0n) is 14.9. The minimum atomic E-state index is -0.616. The molecule has 0 bridgehead atoms. The molecule has 0 saturated carbocycles. The molecule has 136 valence electrons. The third-order valence-corrected chi connectivity index (χ3v) is 6.55. The van der Waals surface area contributed by atoms with Crippen molar-refractivity contribution in [2.24, 2.45) is 0 Å². The highest BCUT2D eigenvalue weighted by atomic mass is 79.9. The van der Waals surface area contributed by atoms with E-state index in [1.165, 1.54) is 11.3 Å². The lowest BCUT2D eigenvalue weighted by Gasteiger charge is -2.24. The van der Waals surface area contributed by atoms with Crippen molar-refractivity contribution in [1.82, 2.24) is 4.90 Å². The summed E-state index contributed by atoms with van der Waals surface area (Å²) in [5.41, 5.74) is 2.68. The molecular weight excluding hydrogens is 414 g/mol. The average Bonchev–Trinajstić information content (AvgIpc) is 3.13. The Kier molecular flexibility index (Phi) is 5.34. The predicted molar refractivity (Wildman–Crippen MR) is 107 cm³/mol. The van der Waals surface area contributed by atoms with Crippen LogP contribution in [0.3, 0.4) is 0 Å². The van der Waals surface area contributed by atoms with E-state index in [9.17, 15) is 14.7 Å². The van der Waals surface area contributed by atoms with Gasteiger partial charge in [-0.2, -0.15) is 0 Å². The van der Waals surface area contributed by atoms with Gasteiger partial charge in [0.25, 0.3) is 11.7 Å². The molecule has 4 nitrogen and oxygen atoms in total. The second-order valence-electron chi connectivity index (χ2n) is 6.42. The number of aliphatic hydroxyl groups is 1. The summed E-state index contributed by atoms with van der Waals surface area (Å²) in [7, 11) is 0. The standard InChI is InChI=1S/C20H20BrNO3S/c1-4-8-22-16(19-11(2)7-9-26-19)15(18(24)20(22)25)17(23)13-5-6-14(21)12(3)10-13/h5-7,9-10,16,23H,4,8H2,1-3H3/b17-15-. The van der Waals surface area contributed by atoms with Crippen LogP contribution >= 0.6 is 27.3 Å². The molecule has 0 aliphatic carbocycles. The second-order valence-corrected chi connectivity index (χ2v) is 8.23. The number of carbonyl (C=O) groups is 2. The van der Waals surface area contributed by atoms with E-state index in [4.69, 9.17) is 0 Å². The Morgan fingerprint density at radius 3 is 2.54 bits per heavy atom. The normalized spacial score (nSPS) is 19.4. The summed E-state index contributed by atoms with van der Waals surface area (Å²) in [5.74, 6) is -1.27. The molecule has 1 unspecified atom stereocenters. The molecule has 1 N–H and O–H groups in total. The number of aliphatic hydroxyl groups excluding tert-OH is 1. The van der Waals surface area contributed by atoms with Crippen molar-refractivity contribution >= 4 is 44.7 Å². The number of carbonyl (C=O) groups excluding carboxylic acids is 2. The molecule has 1 atom stereocenters. The van der Waals surface area contributed by atoms with Gasteiger partial charge >= 0.3 is 0 Å². The summed E-state index contributed by atoms with van der Waals surface area (Å²) in [4.78, 5) is 27.9. The first kappa shape index (κ1) is 18.9. The smallest absolute Gasteiger partial charge is 0.295 e. The first-order valence-corrected chi connectivity index (χ1v) is 10.1. The van der Waals surface area contributed by atoms with Crippen LogP contribution in [-0.4, -0.2) is 28.2 Å². The van der Waals surface area contributed by atoms with Crippen LogP contribution in [0.5, 0.6) is 0 Å². The van der Waals surface area contributed by atoms with E-state index >= 15 is 0 Å². The van der Waals surface area contributed by atoms with E-state index in [2.05, 4.69) is 15.9 Å². The molecule has 1 aliphatic heterocycles. The van der Waals surface area contributed by atoms with Crippen molar-refractivity contribution in [3.63, 3.8) is 0 Å². The minimum absolute atomic E-state index is 0.115. The Hall–Kier alpha value is -1.92. The largest absolute Gasteiger partial charge is 0.507 e. The molecular formula is C20H20BrNO3S. The predicted octanol–water partition coefficient (Wildman–Crippen LogP) is 4.96. The van der Waals surface area contributed by atoms with Crippen LogP contribution in [0.1, 0.15) is 41.0 Å². The van der Waals surface area contributed by atoms with Gasteiger partial charge in [0.1, 0.15) is 5.76 Å². The van der Waals surface area contributed by atoms with Crippen LogP contribution in [-0.2, 0) is 9.59 Å². The zero-order chi connectivity index (χ0) is 19.0. The number of halogens is 1. The van der Waals surface area contributed by atoms with Gasteiger partial charge in [-0.3, -0.25) is 9.59 Å². The molecule has 1 amide bonds. The van der Waals surface area contributed by atoms with Crippen molar-refractivity contribution < 1.29 is 14.7 Å². The van der Waals surface area contributed by atoms with E-state index in [1.54, 1.807) is 11.0 Å². The molecule has 26 heavy (non-hydrogen) atoms. The van der Waals surface area contributed by atoms with E-state index in [0.29, 0.717) is 12.1 Å². The number of benzene rings is 1. The topological polar surface area (TPSA) is 57.6 Å². The molecule has 6 heteroatoms. The number of nitrogens with zero attached hydrogens (tertiary/aromatic N) is 1. The highest BCUT2D eigenvalue weighted by Crippen LogP contribution is 2.42. The summed E-state index contributed by atoms with van der Waals surface area (Å²) in [6.45, 7) is 6.32. The van der Waals surface area contributed by atoms with E-state index in [1.807, 2.05) is 44.4 Å². The van der Waals surface area contributed by atoms with Gasteiger partial charge in [0, 0.05) is 21.5 Å². The van der Waals surface area contributed by atoms with Crippen LogP contribution in [0.4, 0.5) is 0 Å². The van der Waals surface area contributed by atoms with E-state index in [0.717, 1.165) is 26.9 Å². The fourth-order valence-electron chi connectivity index (χ4n) is 3.24. The van der Waals surface area contributed by atoms with Crippen LogP contribution in [0.25, 0.3) is 5.76 Å². The number of rotatable bonds is 4. The summed E-state index contributed by atoms with van der Waals surface area (Å²) >= 11 is 4.94. The second kappa shape index (κ2) is 7.37. The van der Waals surface area contributed by atoms with Gasteiger partial charge in [-0.05, 0) is 55.0 Å². The van der Waals surface area contributed by atoms with E-state index < -0.39 is 17.7 Å². The molecule has 3 rings (SSSR count). The maximum Gasteiger partial charge on any atom is 0.295 e. The Morgan fingerprint density at radius 2 is 1.96 bits per heavy atom. The van der Waals surface area contributed by atoms with Gasteiger partial charge in [-0.25, -0.2) is 0 Å². The van der Waals surface area contributed by atoms with Crippen molar-refractivity contribution in [1.29, 1.82) is 0 Å². The molecule has 0 spiro atoms. The SMILES string of the molecule is CCCN1C(=O)C(=O)/C(=C(\O)c2ccc(Br)c(C)c2)C1c1sccc1C. The first-order chi connectivity index (χ1) is 12.4. The quantitative estimate of drug-likeness (QED) is 0.421. The maximum absolute atomic E-state index is 12.8. The molecule has 2 aromatic rings. The van der Waals surface area contributed by atoms with Gasteiger partial charge in [0.05, 0.1) is 11.6 Å². The number of likely N-dealkylation sites (tertiary alicyclic amines) is 1. The summed E-state index contributed by atoms with van der Waals surface area (Å²) < 4.78 is 0.922. The van der Waals surface area contributed by atoms with Crippen molar-refractivity contribution in [2.75, 3.05) is 6.54 Å². The third-order valence-electron chi connectivity index (χ3n) is 4.59. The number of Topliss-reactive ketones (excluding diaryl/α,β-unsaturated/α-hetero) is 1. The monoisotopic (exact) mass is 433 g/mol. The number of aryl methyl sites for hydroxylation is 2. The van der Waals surface area contributed by atoms with Crippen molar-refractivity contribution in [3.8, 4) is 0 Å². The number of hydrogen-bond donors (Lipinski definition) is 1. The highest BCUT2D eigenvalue weighted by Gasteiger charge is 2.46. The molecule has 0 radical (unpaired) electrons. The molecule has 1 fully saturated rings. The Morgan fingerprint density at radius 1 is 1.23 bits per heavy atom. The number of thiophene rings is 1. The summed E-state index contributed by atoms with van der Waals surface area (Å²) in [6, 6.07) is 6.83. The lowest BCUT2D eigenvalue weighted by molar-refractivity contribution is -0.139. The summed E-state index contributed by atoms with van der Waals surface area (Å²) in [6.07, 6.45) is 0.741. The average molecular weight is 434 g/mol. The molecule has 1 saturated heterocycles. The Bertz CT molecular complexity index is 916. The number of amides is 1. The fourth-order valence-corrected chi connectivity index (χ4v) is 4.53. The lowest BCUT2D eigenvalue weighted by atomic mass is 9.97. The fraction of sp³-hybridized carbons (Fsp3) is 0.300. The molecule has 1 aliphatic rings. The first-order valence-electron chi connectivity index (χ1n) is 8.45. The van der Waals surface area contributed by atoms with Crippen LogP contribution < -0.4 is 0 Å². The highest BCUT2D eigenvalue weighted by molar-refractivity contribution is 9.10. The van der Waals surface area contributed by atoms with Gasteiger partial charge in [-0.15, -0.1) is 11.3 Å². The number of hydrogen-bond acceptors (Lipinski definition) is 4. The zero-order valence-corrected chi connectivity index (χ0v) is 17.3. The Balaban J connectivity index is 2.21. The molecule has 1 aromatic carbocycles. The van der Waals surface area contributed by atoms with Crippen LogP contribution in [0, 0.1) is 13.8 Å². The summed E-state index contributed by atoms with van der Waals surface area (Å²) in [5, 5.41) is 12.9. The van der Waals surface area contributed by atoms with Gasteiger partial charge in [0.2, 0.25) is 0 Å². The minimum Gasteiger partial charge on any atom is -0.507 e. The lowest BCUT2D eigenvalue weighted by Crippen LogP contribution is -2.30. The van der Waals surface area contributed by atoms with Crippen molar-refractivity contribution in [2.45, 2.75) is 33.2 Å².